The van der Waals surface area contributed by atoms with Crippen molar-refractivity contribution < 1.29 is 64.0 Å². The Labute approximate surface area is 145 Å². The lowest BCUT2D eigenvalue weighted by atomic mass is 9.71. The second kappa shape index (κ2) is 7.11. The van der Waals surface area contributed by atoms with Crippen LogP contribution >= 0.6 is 0 Å². The maximum absolute atomic E-state index is 14.5. The highest BCUT2D eigenvalue weighted by molar-refractivity contribution is 5.81. The molecule has 0 radical (unpaired) electrons. The predicted molar refractivity (Wildman–Crippen MR) is 68.6 cm³/mol. The van der Waals surface area contributed by atoms with E-state index in [1.165, 1.54) is 0 Å². The van der Waals surface area contributed by atoms with E-state index in [-0.39, 0.29) is 10.8 Å². The highest BCUT2D eigenvalue weighted by Crippen LogP contribution is 2.59. The lowest BCUT2D eigenvalue weighted by Gasteiger charge is -2.51. The third kappa shape index (κ3) is 3.48. The first-order chi connectivity index (χ1) is 11.5. The molecular weight excluding hydrogens is 410 g/mol. The van der Waals surface area contributed by atoms with E-state index in [2.05, 4.69) is 11.3 Å². The van der Waals surface area contributed by atoms with Gasteiger partial charge >= 0.3 is 17.8 Å². The number of halogens is 10. The smallest absolute Gasteiger partial charge is 0.342 e. The zero-order valence-corrected chi connectivity index (χ0v) is 13.1. The number of hydrogen-bond donors (Lipinski definition) is 2. The fraction of sp³-hybridized carbons (Fsp3) is 0.769. The van der Waals surface area contributed by atoms with Crippen LogP contribution in [0.15, 0.2) is 12.7 Å². The molecule has 1 saturated carbocycles. The molecule has 1 aliphatic carbocycles. The minimum Gasteiger partial charge on any atom is -0.425 e. The van der Waals surface area contributed by atoms with Gasteiger partial charge in [0.05, 0.1) is 12.8 Å². The summed E-state index contributed by atoms with van der Waals surface area (Å²) in [6.45, 7) is -3.46. The van der Waals surface area contributed by atoms with Crippen LogP contribution in [0, 0.1) is 0 Å². The molecule has 160 valence electrons. The lowest BCUT2D eigenvalue weighted by Crippen LogP contribution is -2.77. The van der Waals surface area contributed by atoms with Crippen LogP contribution in [0.2, 0.25) is 0 Å². The molecule has 0 aliphatic heterocycles. The van der Waals surface area contributed by atoms with E-state index in [1.54, 1.807) is 0 Å². The summed E-state index contributed by atoms with van der Waals surface area (Å²) in [4.78, 5) is 11.0. The maximum Gasteiger partial charge on any atom is 0.342 e. The van der Waals surface area contributed by atoms with Crippen molar-refractivity contribution in [3.05, 3.63) is 12.7 Å². The number of alkyl halides is 9. The van der Waals surface area contributed by atoms with Crippen molar-refractivity contribution in [2.45, 2.75) is 47.7 Å². The molecule has 0 heterocycles. The molecule has 1 rings (SSSR count). The summed E-state index contributed by atoms with van der Waals surface area (Å²) < 4.78 is 129. The number of carbonyl (C=O) groups is 1. The third-order valence-electron chi connectivity index (χ3n) is 3.98. The summed E-state index contributed by atoms with van der Waals surface area (Å²) in [6, 6.07) is 0. The average molecular weight is 424 g/mol. The van der Waals surface area contributed by atoms with E-state index in [0.29, 0.717) is 0 Å². The van der Waals surface area contributed by atoms with E-state index in [4.69, 9.17) is 5.11 Å². The first kappa shape index (κ1) is 25.4. The first-order valence-corrected chi connectivity index (χ1v) is 6.74. The molecule has 14 heteroatoms. The van der Waals surface area contributed by atoms with Gasteiger partial charge < -0.3 is 14.9 Å². The Kier molecular flexibility index (Phi) is 6.70. The van der Waals surface area contributed by atoms with Crippen molar-refractivity contribution in [2.24, 2.45) is 0 Å². The number of rotatable bonds is 4. The molecule has 4 atom stereocenters. The number of hydrogen-bond acceptors (Lipinski definition) is 4. The summed E-state index contributed by atoms with van der Waals surface area (Å²) in [5.74, 6) is -24.2. The lowest BCUT2D eigenvalue weighted by molar-refractivity contribution is -0.411. The molecule has 0 spiro atoms. The zero-order chi connectivity index (χ0) is 20.8. The van der Waals surface area contributed by atoms with E-state index in [9.17, 15) is 49.4 Å². The number of carbonyl (C=O) groups excluding carboxylic acids is 1. The van der Waals surface area contributed by atoms with Gasteiger partial charge in [0.2, 0.25) is 11.3 Å². The van der Waals surface area contributed by atoms with E-state index in [0.717, 1.165) is 0 Å². The summed E-state index contributed by atoms with van der Waals surface area (Å²) in [5, 5.41) is 18.4. The monoisotopic (exact) mass is 424 g/mol. The van der Waals surface area contributed by atoms with Gasteiger partial charge in [-0.05, 0) is 0 Å². The second-order valence-electron chi connectivity index (χ2n) is 5.86. The minimum atomic E-state index is -6.26. The molecule has 0 aromatic rings. The Morgan fingerprint density at radius 1 is 0.963 bits per heavy atom. The minimum absolute atomic E-state index is 0. The van der Waals surface area contributed by atoms with Crippen molar-refractivity contribution in [3.63, 3.8) is 0 Å². The second-order valence-corrected chi connectivity index (χ2v) is 5.86. The van der Waals surface area contributed by atoms with Gasteiger partial charge in [-0.25, -0.2) is 22.4 Å². The van der Waals surface area contributed by atoms with Gasteiger partial charge in [-0.3, -0.25) is 4.70 Å². The first-order valence-electron chi connectivity index (χ1n) is 6.74. The van der Waals surface area contributed by atoms with Gasteiger partial charge in [0.15, 0.2) is 0 Å². The number of aliphatic hydroxyl groups is 2. The van der Waals surface area contributed by atoms with Gasteiger partial charge in [0.25, 0.3) is 11.7 Å². The van der Waals surface area contributed by atoms with Crippen LogP contribution in [0.5, 0.6) is 0 Å². The molecular formula is C13H14F10O4. The molecule has 4 unspecified atom stereocenters. The Morgan fingerprint density at radius 2 is 1.44 bits per heavy atom. The van der Waals surface area contributed by atoms with E-state index in [1.807, 2.05) is 0 Å². The van der Waals surface area contributed by atoms with Gasteiger partial charge in [-0.1, -0.05) is 6.58 Å². The fourth-order valence-corrected chi connectivity index (χ4v) is 2.53. The summed E-state index contributed by atoms with van der Waals surface area (Å²) in [7, 11) is 0. The van der Waals surface area contributed by atoms with Gasteiger partial charge in [-0.15, -0.1) is 0 Å². The Balaban J connectivity index is 0.00000676. The van der Waals surface area contributed by atoms with Crippen molar-refractivity contribution in [3.8, 4) is 0 Å². The van der Waals surface area contributed by atoms with Crippen LogP contribution in [-0.4, -0.2) is 64.4 Å². The molecule has 0 saturated heterocycles. The highest BCUT2D eigenvalue weighted by atomic mass is 19.3. The van der Waals surface area contributed by atoms with Crippen LogP contribution in [0.1, 0.15) is 12.8 Å². The van der Waals surface area contributed by atoms with Gasteiger partial charge in [0.1, 0.15) is 13.3 Å². The zero-order valence-electron chi connectivity index (χ0n) is 13.1. The Bertz CT molecular complexity index is 585. The predicted octanol–water partition coefficient (Wildman–Crippen LogP) is 2.63. The molecule has 27 heavy (non-hydrogen) atoms. The fourth-order valence-electron chi connectivity index (χ4n) is 2.53. The van der Waals surface area contributed by atoms with Crippen LogP contribution in [-0.2, 0) is 9.53 Å². The average Bonchev–Trinajstić information content (AvgIpc) is 2.51. The molecule has 1 aliphatic rings. The van der Waals surface area contributed by atoms with Crippen molar-refractivity contribution in [1.29, 1.82) is 0 Å². The molecule has 0 aromatic heterocycles. The van der Waals surface area contributed by atoms with Crippen LogP contribution in [0.3, 0.4) is 0 Å². The molecule has 2 N–H and O–H groups in total. The van der Waals surface area contributed by atoms with Crippen molar-refractivity contribution >= 4 is 5.97 Å². The topological polar surface area (TPSA) is 66.8 Å². The van der Waals surface area contributed by atoms with Crippen molar-refractivity contribution in [2.75, 3.05) is 13.3 Å². The molecule has 1 fully saturated rings. The van der Waals surface area contributed by atoms with E-state index < -0.39 is 67.0 Å². The molecule has 0 bridgehead atoms. The molecule has 0 aromatic carbocycles. The van der Waals surface area contributed by atoms with Gasteiger partial charge in [-0.2, -0.15) is 22.0 Å². The third-order valence-corrected chi connectivity index (χ3v) is 3.98. The Hall–Kier alpha value is -1.57. The SMILES string of the molecule is C=CC(=O)OC1(F)CC(O)(F)C(F)(F)C(O)(CF)C(F)(F)C(F)(CF)C1.F. The molecule has 0 amide bonds. The Morgan fingerprint density at radius 3 is 1.81 bits per heavy atom. The summed E-state index contributed by atoms with van der Waals surface area (Å²) in [6.07, 6.45) is -5.23. The number of ether oxygens (including phenoxy) is 1. The quantitative estimate of drug-likeness (QED) is 0.414. The van der Waals surface area contributed by atoms with Crippen LogP contribution < -0.4 is 0 Å². The summed E-state index contributed by atoms with van der Waals surface area (Å²) >= 11 is 0. The van der Waals surface area contributed by atoms with Gasteiger partial charge in [0, 0.05) is 6.08 Å². The largest absolute Gasteiger partial charge is 0.425 e. The normalized spacial score (nSPS) is 40.9. The standard InChI is InChI=1S/C13H13F9O4.FH/c1-2-7(23)26-9(17)3-8(16,5-14)12(19,20)10(24,6-15)13(21,22)11(18,25)4-9;/h2,24-25H,1,3-6H2;1H. The maximum atomic E-state index is 14.5. The van der Waals surface area contributed by atoms with E-state index >= 15 is 0 Å². The highest BCUT2D eigenvalue weighted by Gasteiger charge is 2.84. The van der Waals surface area contributed by atoms with Crippen LogP contribution in [0.4, 0.5) is 44.2 Å². The molecule has 4 nitrogen and oxygen atoms in total. The van der Waals surface area contributed by atoms with Crippen molar-refractivity contribution in [1.82, 2.24) is 0 Å². The number of esters is 1. The summed E-state index contributed by atoms with van der Waals surface area (Å²) in [5.41, 5.74) is -10.7. The van der Waals surface area contributed by atoms with Crippen LogP contribution in [0.25, 0.3) is 0 Å².